The van der Waals surface area contributed by atoms with E-state index in [1.165, 1.54) is 16.7 Å². The molecule has 0 saturated heterocycles. The molecule has 3 aromatic rings. The quantitative estimate of drug-likeness (QED) is 0.692. The Labute approximate surface area is 153 Å². The summed E-state index contributed by atoms with van der Waals surface area (Å²) in [7, 11) is -2.07. The monoisotopic (exact) mass is 371 g/mol. The highest BCUT2D eigenvalue weighted by molar-refractivity contribution is 7.89. The maximum atomic E-state index is 13.0. The van der Waals surface area contributed by atoms with E-state index in [0.29, 0.717) is 0 Å². The molecule has 0 unspecified atom stereocenters. The highest BCUT2D eigenvalue weighted by atomic mass is 32.2. The van der Waals surface area contributed by atoms with Crippen LogP contribution in [0.4, 0.5) is 0 Å². The summed E-state index contributed by atoms with van der Waals surface area (Å²) < 4.78 is 32.7. The van der Waals surface area contributed by atoms with Crippen LogP contribution in [-0.2, 0) is 23.1 Å². The van der Waals surface area contributed by atoms with Gasteiger partial charge in [-0.15, -0.1) is 0 Å². The Balaban J connectivity index is 1.91. The molecule has 3 rings (SSSR count). The van der Waals surface area contributed by atoms with Crippen molar-refractivity contribution < 1.29 is 13.2 Å². The Hall–Kier alpha value is -2.64. The molecule has 0 fully saturated rings. The number of ether oxygens (including phenoxy) is 1. The molecule has 0 radical (unpaired) electrons. The second-order valence-electron chi connectivity index (χ2n) is 6.04. The van der Waals surface area contributed by atoms with E-state index < -0.39 is 10.0 Å². The van der Waals surface area contributed by atoms with E-state index in [9.17, 15) is 8.42 Å². The van der Waals surface area contributed by atoms with Crippen LogP contribution < -0.4 is 4.74 Å². The van der Waals surface area contributed by atoms with Gasteiger partial charge in [0.15, 0.2) is 0 Å². The van der Waals surface area contributed by atoms with Gasteiger partial charge in [0.25, 0.3) is 0 Å². The molecule has 1 aromatic heterocycles. The number of nitrogens with zero attached hydrogens (tertiary/aromatic N) is 2. The van der Waals surface area contributed by atoms with Crippen LogP contribution in [0.25, 0.3) is 0 Å². The van der Waals surface area contributed by atoms with Gasteiger partial charge >= 0.3 is 0 Å². The van der Waals surface area contributed by atoms with Crippen molar-refractivity contribution in [1.82, 2.24) is 14.5 Å². The van der Waals surface area contributed by atoms with E-state index in [0.717, 1.165) is 22.4 Å². The minimum atomic E-state index is -3.67. The number of aromatic nitrogens is 2. The highest BCUT2D eigenvalue weighted by Crippen LogP contribution is 2.21. The third-order valence-corrected chi connectivity index (χ3v) is 5.87. The minimum absolute atomic E-state index is 0.151. The van der Waals surface area contributed by atoms with Gasteiger partial charge in [0.1, 0.15) is 10.6 Å². The third-order valence-electron chi connectivity index (χ3n) is 4.11. The van der Waals surface area contributed by atoms with Crippen LogP contribution in [-0.4, -0.2) is 30.0 Å². The lowest BCUT2D eigenvalue weighted by atomic mass is 10.1. The molecule has 2 aromatic carbocycles. The normalized spacial score (nSPS) is 11.7. The van der Waals surface area contributed by atoms with Crippen molar-refractivity contribution in [3.05, 3.63) is 77.6 Å². The molecule has 1 N–H and O–H groups in total. The molecule has 0 bridgehead atoms. The number of sulfonamides is 1. The molecule has 1 heterocycles. The fraction of sp³-hybridized carbons (Fsp3) is 0.211. The fourth-order valence-electron chi connectivity index (χ4n) is 2.59. The van der Waals surface area contributed by atoms with Gasteiger partial charge < -0.3 is 4.74 Å². The number of hydrogen-bond donors (Lipinski definition) is 1. The van der Waals surface area contributed by atoms with Gasteiger partial charge in [0, 0.05) is 19.3 Å². The lowest BCUT2D eigenvalue weighted by Crippen LogP contribution is -2.30. The number of H-pyrrole nitrogens is 1. The van der Waals surface area contributed by atoms with Gasteiger partial charge in [-0.3, -0.25) is 5.10 Å². The first-order valence-electron chi connectivity index (χ1n) is 8.16. The van der Waals surface area contributed by atoms with E-state index in [1.54, 1.807) is 7.11 Å². The van der Waals surface area contributed by atoms with Gasteiger partial charge in [0.2, 0.25) is 10.0 Å². The van der Waals surface area contributed by atoms with Crippen LogP contribution >= 0.6 is 0 Å². The first kappa shape index (κ1) is 18.2. The minimum Gasteiger partial charge on any atom is -0.497 e. The molecule has 0 amide bonds. The van der Waals surface area contributed by atoms with E-state index in [2.05, 4.69) is 10.2 Å². The van der Waals surface area contributed by atoms with Crippen molar-refractivity contribution in [2.45, 2.75) is 24.9 Å². The Morgan fingerprint density at radius 3 is 2.08 bits per heavy atom. The molecule has 0 aliphatic rings. The summed E-state index contributed by atoms with van der Waals surface area (Å²) in [5.41, 5.74) is 2.94. The first-order valence-corrected chi connectivity index (χ1v) is 9.60. The van der Waals surface area contributed by atoms with Crippen LogP contribution in [0.5, 0.6) is 5.75 Å². The predicted molar refractivity (Wildman–Crippen MR) is 99.2 cm³/mol. The zero-order chi connectivity index (χ0) is 18.6. The topological polar surface area (TPSA) is 75.3 Å². The second-order valence-corrected chi connectivity index (χ2v) is 7.98. The Bertz CT molecular complexity index is 935. The molecule has 0 aliphatic heterocycles. The van der Waals surface area contributed by atoms with E-state index in [4.69, 9.17) is 4.74 Å². The first-order chi connectivity index (χ1) is 12.5. The smallest absolute Gasteiger partial charge is 0.246 e. The summed E-state index contributed by atoms with van der Waals surface area (Å²) in [5.74, 6) is 0.733. The van der Waals surface area contributed by atoms with Gasteiger partial charge in [-0.05, 0) is 30.2 Å². The molecule has 0 atom stereocenters. The van der Waals surface area contributed by atoms with Gasteiger partial charge in [-0.2, -0.15) is 9.40 Å². The van der Waals surface area contributed by atoms with Crippen LogP contribution in [0.1, 0.15) is 16.7 Å². The summed E-state index contributed by atoms with van der Waals surface area (Å²) in [4.78, 5) is 0.151. The van der Waals surface area contributed by atoms with Crippen LogP contribution in [0.15, 0.2) is 65.8 Å². The summed E-state index contributed by atoms with van der Waals surface area (Å²) in [5, 5.41) is 6.34. The summed E-state index contributed by atoms with van der Waals surface area (Å²) >= 11 is 0. The largest absolute Gasteiger partial charge is 0.497 e. The number of rotatable bonds is 7. The molecule has 7 heteroatoms. The Morgan fingerprint density at radius 1 is 1.00 bits per heavy atom. The molecular formula is C19H21N3O3S. The summed E-state index contributed by atoms with van der Waals surface area (Å²) in [6.45, 7) is 2.53. The summed E-state index contributed by atoms with van der Waals surface area (Å²) in [6.07, 6.45) is 2.72. The maximum Gasteiger partial charge on any atom is 0.246 e. The molecular weight excluding hydrogens is 350 g/mol. The van der Waals surface area contributed by atoms with Crippen molar-refractivity contribution in [3.8, 4) is 5.75 Å². The zero-order valence-electron chi connectivity index (χ0n) is 14.7. The molecule has 6 nitrogen and oxygen atoms in total. The molecule has 136 valence electrons. The van der Waals surface area contributed by atoms with Crippen LogP contribution in [0, 0.1) is 6.92 Å². The molecule has 0 aliphatic carbocycles. The lowest BCUT2D eigenvalue weighted by molar-refractivity contribution is 0.399. The highest BCUT2D eigenvalue weighted by Gasteiger charge is 2.26. The van der Waals surface area contributed by atoms with Crippen molar-refractivity contribution in [3.63, 3.8) is 0 Å². The SMILES string of the molecule is COc1ccc(CN(Cc2ccc(C)cc2)S(=O)(=O)c2cn[nH]c2)cc1. The van der Waals surface area contributed by atoms with Crippen molar-refractivity contribution in [1.29, 1.82) is 0 Å². The molecule has 0 saturated carbocycles. The summed E-state index contributed by atoms with van der Waals surface area (Å²) in [6, 6.07) is 15.2. The Morgan fingerprint density at radius 2 is 1.58 bits per heavy atom. The fourth-order valence-corrected chi connectivity index (χ4v) is 3.91. The van der Waals surface area contributed by atoms with Gasteiger partial charge in [0.05, 0.1) is 13.3 Å². The molecule has 26 heavy (non-hydrogen) atoms. The van der Waals surface area contributed by atoms with Gasteiger partial charge in [-0.25, -0.2) is 8.42 Å². The molecule has 0 spiro atoms. The number of aromatic amines is 1. The third kappa shape index (κ3) is 4.12. The van der Waals surface area contributed by atoms with Crippen LogP contribution in [0.3, 0.4) is 0 Å². The van der Waals surface area contributed by atoms with Crippen molar-refractivity contribution in [2.75, 3.05) is 7.11 Å². The average Bonchev–Trinajstić information content (AvgIpc) is 3.19. The van der Waals surface area contributed by atoms with Crippen molar-refractivity contribution >= 4 is 10.0 Å². The number of aryl methyl sites for hydroxylation is 1. The van der Waals surface area contributed by atoms with Gasteiger partial charge in [-0.1, -0.05) is 42.0 Å². The Kier molecular flexibility index (Phi) is 5.39. The van der Waals surface area contributed by atoms with Crippen LogP contribution in [0.2, 0.25) is 0 Å². The number of benzene rings is 2. The lowest BCUT2D eigenvalue weighted by Gasteiger charge is -2.22. The number of nitrogens with one attached hydrogen (secondary N) is 1. The number of methoxy groups -OCH3 is 1. The zero-order valence-corrected chi connectivity index (χ0v) is 15.5. The van der Waals surface area contributed by atoms with E-state index >= 15 is 0 Å². The van der Waals surface area contributed by atoms with Crippen molar-refractivity contribution in [2.24, 2.45) is 0 Å². The number of hydrogen-bond acceptors (Lipinski definition) is 4. The van der Waals surface area contributed by atoms with E-state index in [-0.39, 0.29) is 18.0 Å². The standard InChI is InChI=1S/C19H21N3O3S/c1-15-3-5-16(6-4-15)13-22(26(23,24)19-11-20-21-12-19)14-17-7-9-18(25-2)10-8-17/h3-12H,13-14H2,1-2H3,(H,20,21). The maximum absolute atomic E-state index is 13.0. The second kappa shape index (κ2) is 7.72. The predicted octanol–water partition coefficient (Wildman–Crippen LogP) is 3.12. The van der Waals surface area contributed by atoms with E-state index in [1.807, 2.05) is 55.5 Å². The average molecular weight is 371 g/mol.